The summed E-state index contributed by atoms with van der Waals surface area (Å²) in [6.07, 6.45) is 5.78. The number of pyridine rings is 1. The second-order valence-corrected chi connectivity index (χ2v) is 5.25. The van der Waals surface area contributed by atoms with E-state index in [1.165, 1.54) is 5.56 Å². The van der Waals surface area contributed by atoms with Crippen LogP contribution in [0, 0.1) is 6.92 Å². The van der Waals surface area contributed by atoms with E-state index in [-0.39, 0.29) is 11.9 Å². The maximum atomic E-state index is 12.7. The van der Waals surface area contributed by atoms with Gasteiger partial charge < -0.3 is 4.90 Å². The molecule has 1 aromatic carbocycles. The Morgan fingerprint density at radius 2 is 2.05 bits per heavy atom. The van der Waals surface area contributed by atoms with E-state index >= 15 is 0 Å². The number of carbonyl (C=O) groups excluding carboxylic acids is 1. The number of carbonyl (C=O) groups is 1. The van der Waals surface area contributed by atoms with E-state index in [1.54, 1.807) is 0 Å². The lowest BCUT2D eigenvalue weighted by atomic mass is 10.0. The molecule has 20 heavy (non-hydrogen) atoms. The van der Waals surface area contributed by atoms with Gasteiger partial charge in [-0.15, -0.1) is 0 Å². The van der Waals surface area contributed by atoms with Crippen LogP contribution < -0.4 is 0 Å². The van der Waals surface area contributed by atoms with Crippen LogP contribution in [0.3, 0.4) is 0 Å². The van der Waals surface area contributed by atoms with Gasteiger partial charge in [0, 0.05) is 24.5 Å². The van der Waals surface area contributed by atoms with Crippen molar-refractivity contribution in [2.75, 3.05) is 6.54 Å². The molecule has 0 spiro atoms. The molecule has 3 heteroatoms. The molecule has 102 valence electrons. The number of benzene rings is 1. The Labute approximate surface area is 119 Å². The number of nitrogens with zero attached hydrogens (tertiary/aromatic N) is 2. The summed E-state index contributed by atoms with van der Waals surface area (Å²) in [4.78, 5) is 18.8. The zero-order chi connectivity index (χ0) is 13.9. The molecule has 2 aromatic rings. The highest BCUT2D eigenvalue weighted by Gasteiger charge is 2.31. The highest BCUT2D eigenvalue weighted by molar-refractivity contribution is 5.94. The van der Waals surface area contributed by atoms with Crippen molar-refractivity contribution < 1.29 is 4.79 Å². The molecule has 1 aliphatic rings. The maximum Gasteiger partial charge on any atom is 0.254 e. The fraction of sp³-hybridized carbons (Fsp3) is 0.294. The molecule has 0 bridgehead atoms. The molecule has 1 aromatic heterocycles. The first-order valence-electron chi connectivity index (χ1n) is 7.04. The maximum absolute atomic E-state index is 12.7. The molecule has 1 aliphatic heterocycles. The summed E-state index contributed by atoms with van der Waals surface area (Å²) in [5.41, 5.74) is 3.15. The largest absolute Gasteiger partial charge is 0.332 e. The number of hydrogen-bond acceptors (Lipinski definition) is 2. The molecule has 2 heterocycles. The number of hydrogen-bond donors (Lipinski definition) is 0. The summed E-state index contributed by atoms with van der Waals surface area (Å²) in [5, 5.41) is 0. The van der Waals surface area contributed by atoms with Crippen molar-refractivity contribution >= 4 is 5.91 Å². The fourth-order valence-electron chi connectivity index (χ4n) is 2.94. The SMILES string of the molecule is Cc1cnccc1[C@@H]1CCCN1C(=O)c1ccccc1. The first-order valence-corrected chi connectivity index (χ1v) is 7.04. The van der Waals surface area contributed by atoms with Gasteiger partial charge in [0.15, 0.2) is 0 Å². The number of likely N-dealkylation sites (tertiary alicyclic amines) is 1. The van der Waals surface area contributed by atoms with E-state index in [1.807, 2.05) is 53.7 Å². The van der Waals surface area contributed by atoms with E-state index in [4.69, 9.17) is 0 Å². The lowest BCUT2D eigenvalue weighted by molar-refractivity contribution is 0.0735. The molecule has 3 nitrogen and oxygen atoms in total. The highest BCUT2D eigenvalue weighted by atomic mass is 16.2. The lowest BCUT2D eigenvalue weighted by Crippen LogP contribution is -2.30. The summed E-state index contributed by atoms with van der Waals surface area (Å²) in [6, 6.07) is 11.8. The van der Waals surface area contributed by atoms with Crippen LogP contribution in [0.15, 0.2) is 48.8 Å². The van der Waals surface area contributed by atoms with Crippen molar-refractivity contribution in [2.45, 2.75) is 25.8 Å². The lowest BCUT2D eigenvalue weighted by Gasteiger charge is -2.26. The molecule has 1 amide bonds. The average molecular weight is 266 g/mol. The predicted octanol–water partition coefficient (Wildman–Crippen LogP) is 3.37. The van der Waals surface area contributed by atoms with Crippen molar-refractivity contribution in [3.8, 4) is 0 Å². The van der Waals surface area contributed by atoms with Gasteiger partial charge in [0.1, 0.15) is 0 Å². The van der Waals surface area contributed by atoms with Crippen LogP contribution in [0.2, 0.25) is 0 Å². The molecule has 0 N–H and O–H groups in total. The number of amides is 1. The molecule has 1 fully saturated rings. The first kappa shape index (κ1) is 12.9. The Hall–Kier alpha value is -2.16. The third-order valence-corrected chi connectivity index (χ3v) is 3.96. The molecule has 1 saturated heterocycles. The van der Waals surface area contributed by atoms with Gasteiger partial charge in [-0.3, -0.25) is 9.78 Å². The van der Waals surface area contributed by atoms with Crippen molar-refractivity contribution in [1.29, 1.82) is 0 Å². The fourth-order valence-corrected chi connectivity index (χ4v) is 2.94. The molecular weight excluding hydrogens is 248 g/mol. The molecular formula is C17H18N2O. The monoisotopic (exact) mass is 266 g/mol. The summed E-state index contributed by atoms with van der Waals surface area (Å²) >= 11 is 0. The molecule has 0 radical (unpaired) electrons. The van der Waals surface area contributed by atoms with Crippen LogP contribution in [0.5, 0.6) is 0 Å². The van der Waals surface area contributed by atoms with E-state index in [0.29, 0.717) is 0 Å². The number of rotatable bonds is 2. The first-order chi connectivity index (χ1) is 9.77. The minimum Gasteiger partial charge on any atom is -0.332 e. The minimum absolute atomic E-state index is 0.129. The smallest absolute Gasteiger partial charge is 0.254 e. The summed E-state index contributed by atoms with van der Waals surface area (Å²) in [7, 11) is 0. The van der Waals surface area contributed by atoms with Crippen molar-refractivity contribution in [2.24, 2.45) is 0 Å². The predicted molar refractivity (Wildman–Crippen MR) is 78.4 cm³/mol. The van der Waals surface area contributed by atoms with Gasteiger partial charge in [0.25, 0.3) is 5.91 Å². The van der Waals surface area contributed by atoms with E-state index in [0.717, 1.165) is 30.5 Å². The van der Waals surface area contributed by atoms with Gasteiger partial charge in [0.05, 0.1) is 6.04 Å². The standard InChI is InChI=1S/C17H18N2O/c1-13-12-18-10-9-15(13)16-8-5-11-19(16)17(20)14-6-3-2-4-7-14/h2-4,6-7,9-10,12,16H,5,8,11H2,1H3/t16-/m0/s1. The van der Waals surface area contributed by atoms with Gasteiger partial charge in [-0.1, -0.05) is 18.2 Å². The van der Waals surface area contributed by atoms with Crippen LogP contribution in [0.4, 0.5) is 0 Å². The molecule has 1 atom stereocenters. The molecule has 3 rings (SSSR count). The van der Waals surface area contributed by atoms with Crippen LogP contribution >= 0.6 is 0 Å². The topological polar surface area (TPSA) is 33.2 Å². The molecule has 0 aliphatic carbocycles. The quantitative estimate of drug-likeness (QED) is 0.835. The Balaban J connectivity index is 1.90. The van der Waals surface area contributed by atoms with E-state index in [9.17, 15) is 4.79 Å². The Bertz CT molecular complexity index is 609. The Morgan fingerprint density at radius 3 is 2.80 bits per heavy atom. The van der Waals surface area contributed by atoms with Crippen molar-refractivity contribution in [3.63, 3.8) is 0 Å². The van der Waals surface area contributed by atoms with Crippen LogP contribution in [-0.2, 0) is 0 Å². The Morgan fingerprint density at radius 1 is 1.25 bits per heavy atom. The zero-order valence-electron chi connectivity index (χ0n) is 11.6. The van der Waals surface area contributed by atoms with Crippen LogP contribution in [0.1, 0.15) is 40.4 Å². The van der Waals surface area contributed by atoms with Gasteiger partial charge in [-0.2, -0.15) is 0 Å². The summed E-state index contributed by atoms with van der Waals surface area (Å²) < 4.78 is 0. The number of aryl methyl sites for hydroxylation is 1. The summed E-state index contributed by atoms with van der Waals surface area (Å²) in [6.45, 7) is 2.89. The minimum atomic E-state index is 0.129. The normalized spacial score (nSPS) is 18.2. The summed E-state index contributed by atoms with van der Waals surface area (Å²) in [5.74, 6) is 0.129. The van der Waals surface area contributed by atoms with Crippen LogP contribution in [0.25, 0.3) is 0 Å². The Kier molecular flexibility index (Phi) is 3.50. The third kappa shape index (κ3) is 2.31. The van der Waals surface area contributed by atoms with Crippen LogP contribution in [-0.4, -0.2) is 22.3 Å². The molecule has 0 saturated carbocycles. The van der Waals surface area contributed by atoms with Crippen molar-refractivity contribution in [3.05, 3.63) is 65.5 Å². The van der Waals surface area contributed by atoms with Gasteiger partial charge in [-0.25, -0.2) is 0 Å². The van der Waals surface area contributed by atoms with Crippen molar-refractivity contribution in [1.82, 2.24) is 9.88 Å². The van der Waals surface area contributed by atoms with Gasteiger partial charge in [0.2, 0.25) is 0 Å². The second kappa shape index (κ2) is 5.45. The van der Waals surface area contributed by atoms with Gasteiger partial charge >= 0.3 is 0 Å². The third-order valence-electron chi connectivity index (χ3n) is 3.96. The second-order valence-electron chi connectivity index (χ2n) is 5.25. The highest BCUT2D eigenvalue weighted by Crippen LogP contribution is 2.34. The van der Waals surface area contributed by atoms with E-state index in [2.05, 4.69) is 11.9 Å². The number of aromatic nitrogens is 1. The average Bonchev–Trinajstić information content (AvgIpc) is 2.97. The van der Waals surface area contributed by atoms with Gasteiger partial charge in [-0.05, 0) is 49.1 Å². The van der Waals surface area contributed by atoms with E-state index < -0.39 is 0 Å². The zero-order valence-corrected chi connectivity index (χ0v) is 11.6. The molecule has 0 unspecified atom stereocenters.